The van der Waals surface area contributed by atoms with Gasteiger partial charge in [-0.15, -0.1) is 15.3 Å². The Morgan fingerprint density at radius 1 is 1.10 bits per heavy atom. The lowest BCUT2D eigenvalue weighted by Crippen LogP contribution is -2.63. The van der Waals surface area contributed by atoms with Crippen molar-refractivity contribution in [2.24, 2.45) is 53.4 Å². The molecule has 1 fully saturated rings. The van der Waals surface area contributed by atoms with Gasteiger partial charge in [-0.25, -0.2) is 15.8 Å². The topological polar surface area (TPSA) is 240 Å². The number of nitrogens with zero attached hydrogens (tertiary/aromatic N) is 11. The first-order valence-corrected chi connectivity index (χ1v) is 13.1. The Labute approximate surface area is 238 Å². The number of aryl methyl sites for hydroxylation is 1. The molecule has 5 rings (SSSR count). The normalized spacial score (nSPS) is 18.9. The highest BCUT2D eigenvalue weighted by Gasteiger charge is 2.44. The van der Waals surface area contributed by atoms with Crippen LogP contribution >= 0.6 is 11.6 Å². The molecule has 3 aliphatic rings. The number of guanidine groups is 1. The Morgan fingerprint density at radius 3 is 2.61 bits per heavy atom. The van der Waals surface area contributed by atoms with Crippen molar-refractivity contribution >= 4 is 41.0 Å². The number of azo groups is 1. The molecule has 0 radical (unpaired) electrons. The quantitative estimate of drug-likeness (QED) is 0.256. The second kappa shape index (κ2) is 11.8. The molecule has 1 aromatic carbocycles. The number of nitrogens with two attached hydrogens (primary N) is 3. The highest BCUT2D eigenvalue weighted by Crippen LogP contribution is 2.32. The van der Waals surface area contributed by atoms with Gasteiger partial charge in [0, 0.05) is 25.9 Å². The smallest absolute Gasteiger partial charge is 0.302 e. The van der Waals surface area contributed by atoms with Crippen molar-refractivity contribution < 1.29 is 14.3 Å². The SMILES string of the molecule is NN=Nc1nc(N=NN)c(C(=O)N=C2N=NCC3(CCN(C(=O)CCc4ccc5c(c4)CCO5)CC3)N2N)nc1Cl. The standard InChI is InChI=1S/C23H27ClN14O3/c24-18-20(33-36-26)30-19(32-35-25)17(29-18)21(40)31-22-34-28-12-23(38(22)27)6-8-37(9-7-23)16(39)4-2-13-1-3-15-14(11-13)5-10-41-15/h1,3,11H,2,4-10,12,27H2,(H4,25,26,30,32,33). The first-order chi connectivity index (χ1) is 19.8. The van der Waals surface area contributed by atoms with Crippen LogP contribution in [0.15, 0.2) is 54.1 Å². The summed E-state index contributed by atoms with van der Waals surface area (Å²) in [7, 11) is 0. The minimum atomic E-state index is -0.912. The molecule has 2 amide bonds. The maximum absolute atomic E-state index is 13.0. The number of halogens is 1. The maximum Gasteiger partial charge on any atom is 0.302 e. The summed E-state index contributed by atoms with van der Waals surface area (Å²) in [6.07, 6.45) is 2.96. The third-order valence-electron chi connectivity index (χ3n) is 7.21. The summed E-state index contributed by atoms with van der Waals surface area (Å²) < 4.78 is 5.56. The number of hydrazine groups is 1. The molecule has 4 heterocycles. The minimum absolute atomic E-state index is 0.0661. The number of aromatic nitrogens is 2. The van der Waals surface area contributed by atoms with Crippen molar-refractivity contribution in [1.82, 2.24) is 19.9 Å². The van der Waals surface area contributed by atoms with Gasteiger partial charge in [0.1, 0.15) is 5.75 Å². The van der Waals surface area contributed by atoms with Gasteiger partial charge in [-0.1, -0.05) is 34.2 Å². The molecule has 0 aliphatic carbocycles. The lowest BCUT2D eigenvalue weighted by molar-refractivity contribution is -0.133. The van der Waals surface area contributed by atoms with Crippen molar-refractivity contribution in [3.63, 3.8) is 0 Å². The van der Waals surface area contributed by atoms with Crippen LogP contribution in [0, 0.1) is 0 Å². The van der Waals surface area contributed by atoms with Crippen LogP contribution in [-0.2, 0) is 17.6 Å². The number of rotatable bonds is 6. The third kappa shape index (κ3) is 5.80. The summed E-state index contributed by atoms with van der Waals surface area (Å²) in [6.45, 7) is 1.93. The zero-order chi connectivity index (χ0) is 29.0. The molecule has 6 N–H and O–H groups in total. The molecule has 2 aromatic rings. The number of carbonyl (C=O) groups is 2. The number of carbonyl (C=O) groups excluding carboxylic acids is 2. The summed E-state index contributed by atoms with van der Waals surface area (Å²) in [6, 6.07) is 6.09. The van der Waals surface area contributed by atoms with E-state index in [0.717, 1.165) is 17.7 Å². The summed E-state index contributed by atoms with van der Waals surface area (Å²) in [5, 5.41) is 22.5. The van der Waals surface area contributed by atoms with Gasteiger partial charge in [-0.05, 0) is 36.5 Å². The second-order valence-electron chi connectivity index (χ2n) is 9.57. The number of aliphatic imine (C=N–C) groups is 1. The van der Waals surface area contributed by atoms with Gasteiger partial charge in [0.2, 0.25) is 17.5 Å². The number of ether oxygens (including phenoxy) is 1. The number of piperidine rings is 1. The second-order valence-corrected chi connectivity index (χ2v) is 9.93. The molecule has 0 bridgehead atoms. The van der Waals surface area contributed by atoms with Crippen molar-refractivity contribution in [2.75, 3.05) is 26.2 Å². The van der Waals surface area contributed by atoms with Gasteiger partial charge in [0.05, 0.1) is 18.7 Å². The number of fused-ring (bicyclic) bond motifs is 1. The van der Waals surface area contributed by atoms with Gasteiger partial charge in [0.15, 0.2) is 10.8 Å². The van der Waals surface area contributed by atoms with E-state index in [9.17, 15) is 9.59 Å². The zero-order valence-corrected chi connectivity index (χ0v) is 22.6. The van der Waals surface area contributed by atoms with Crippen LogP contribution in [0.2, 0.25) is 5.15 Å². The van der Waals surface area contributed by atoms with E-state index in [1.165, 1.54) is 10.6 Å². The van der Waals surface area contributed by atoms with Gasteiger partial charge in [0.25, 0.3) is 5.96 Å². The monoisotopic (exact) mass is 582 g/mol. The van der Waals surface area contributed by atoms with Crippen molar-refractivity contribution in [2.45, 2.75) is 37.6 Å². The summed E-state index contributed by atoms with van der Waals surface area (Å²) in [5.74, 6) is 16.0. The first kappa shape index (κ1) is 27.9. The average molecular weight is 583 g/mol. The lowest BCUT2D eigenvalue weighted by Gasteiger charge is -2.47. The number of benzene rings is 1. The van der Waals surface area contributed by atoms with Crippen LogP contribution in [0.1, 0.15) is 40.9 Å². The number of hydrogen-bond donors (Lipinski definition) is 3. The van der Waals surface area contributed by atoms with Crippen molar-refractivity contribution in [3.05, 3.63) is 40.2 Å². The lowest BCUT2D eigenvalue weighted by atomic mass is 9.86. The fourth-order valence-corrected chi connectivity index (χ4v) is 5.11. The zero-order valence-electron chi connectivity index (χ0n) is 21.9. The number of likely N-dealkylation sites (tertiary alicyclic amines) is 1. The van der Waals surface area contributed by atoms with Crippen LogP contribution < -0.4 is 22.3 Å². The fraction of sp³-hybridized carbons (Fsp3) is 0.435. The van der Waals surface area contributed by atoms with Crippen molar-refractivity contribution in [3.8, 4) is 5.75 Å². The molecule has 18 heteroatoms. The molecule has 41 heavy (non-hydrogen) atoms. The Bertz CT molecular complexity index is 1470. The molecule has 1 saturated heterocycles. The molecule has 0 atom stereocenters. The van der Waals surface area contributed by atoms with E-state index in [0.29, 0.717) is 45.4 Å². The highest BCUT2D eigenvalue weighted by molar-refractivity contribution is 6.31. The van der Waals surface area contributed by atoms with E-state index in [-0.39, 0.29) is 40.9 Å². The van der Waals surface area contributed by atoms with Crippen LogP contribution in [0.25, 0.3) is 0 Å². The van der Waals surface area contributed by atoms with Crippen LogP contribution in [0.5, 0.6) is 5.75 Å². The molecule has 1 aromatic heterocycles. The maximum atomic E-state index is 13.0. The third-order valence-corrected chi connectivity index (χ3v) is 7.46. The molecule has 17 nitrogen and oxygen atoms in total. The predicted octanol–water partition coefficient (Wildman–Crippen LogP) is 2.11. The first-order valence-electron chi connectivity index (χ1n) is 12.7. The molecule has 0 saturated carbocycles. The average Bonchev–Trinajstić information content (AvgIpc) is 3.44. The Hall–Kier alpha value is -4.64. The van der Waals surface area contributed by atoms with E-state index in [4.69, 9.17) is 33.9 Å². The van der Waals surface area contributed by atoms with E-state index in [2.05, 4.69) is 51.9 Å². The summed E-state index contributed by atoms with van der Waals surface area (Å²) >= 11 is 6.03. The van der Waals surface area contributed by atoms with Crippen LogP contribution in [0.3, 0.4) is 0 Å². The summed E-state index contributed by atoms with van der Waals surface area (Å²) in [4.78, 5) is 39.7. The van der Waals surface area contributed by atoms with Gasteiger partial charge < -0.3 is 21.3 Å². The molecular weight excluding hydrogens is 556 g/mol. The Morgan fingerprint density at radius 2 is 1.85 bits per heavy atom. The number of hydrogen-bond acceptors (Lipinski definition) is 11. The van der Waals surface area contributed by atoms with E-state index < -0.39 is 11.4 Å². The van der Waals surface area contributed by atoms with Crippen LogP contribution in [-0.4, -0.2) is 69.4 Å². The van der Waals surface area contributed by atoms with Gasteiger partial charge >= 0.3 is 5.91 Å². The van der Waals surface area contributed by atoms with Gasteiger partial charge in [-0.2, -0.15) is 10.1 Å². The van der Waals surface area contributed by atoms with E-state index in [1.54, 1.807) is 0 Å². The fourth-order valence-electron chi connectivity index (χ4n) is 4.95. The van der Waals surface area contributed by atoms with Crippen LogP contribution in [0.4, 0.5) is 11.6 Å². The molecule has 1 spiro atoms. The number of amides is 2. The van der Waals surface area contributed by atoms with Gasteiger partial charge in [-0.3, -0.25) is 14.6 Å². The summed E-state index contributed by atoms with van der Waals surface area (Å²) in [5.41, 5.74) is 1.26. The molecule has 0 unspecified atom stereocenters. The largest absolute Gasteiger partial charge is 0.493 e. The minimum Gasteiger partial charge on any atom is -0.493 e. The molecular formula is C23H27ClN14O3. The van der Waals surface area contributed by atoms with E-state index in [1.807, 2.05) is 17.0 Å². The Kier molecular flexibility index (Phi) is 8.06. The van der Waals surface area contributed by atoms with E-state index >= 15 is 0 Å². The molecule has 214 valence electrons. The Balaban J connectivity index is 1.24. The molecule has 3 aliphatic heterocycles. The highest BCUT2D eigenvalue weighted by atomic mass is 35.5. The predicted molar refractivity (Wildman–Crippen MR) is 144 cm³/mol. The van der Waals surface area contributed by atoms with Crippen molar-refractivity contribution in [1.29, 1.82) is 0 Å².